The van der Waals surface area contributed by atoms with Crippen molar-refractivity contribution in [3.63, 3.8) is 0 Å². The van der Waals surface area contributed by atoms with Gasteiger partial charge in [0.1, 0.15) is 0 Å². The SMILES string of the molecule is Cc1cccc(NC(=O)N2CCCC(C(=O)Nc3cc(Cl)ccc3-n3cccn3)C2)c1. The molecule has 0 radical (unpaired) electrons. The maximum Gasteiger partial charge on any atom is 0.321 e. The quantitative estimate of drug-likeness (QED) is 0.620. The van der Waals surface area contributed by atoms with E-state index in [1.807, 2.05) is 43.3 Å². The summed E-state index contributed by atoms with van der Waals surface area (Å²) in [7, 11) is 0. The van der Waals surface area contributed by atoms with Crippen molar-refractivity contribution in [1.82, 2.24) is 14.7 Å². The van der Waals surface area contributed by atoms with Crippen LogP contribution in [0.4, 0.5) is 16.2 Å². The number of carbonyl (C=O) groups is 2. The Kier molecular flexibility index (Phi) is 6.23. The molecule has 0 spiro atoms. The minimum atomic E-state index is -0.304. The summed E-state index contributed by atoms with van der Waals surface area (Å²) in [4.78, 5) is 27.4. The molecule has 1 fully saturated rings. The van der Waals surface area contributed by atoms with Crippen LogP contribution in [0.1, 0.15) is 18.4 Å². The van der Waals surface area contributed by atoms with Gasteiger partial charge in [-0.2, -0.15) is 5.10 Å². The predicted molar refractivity (Wildman–Crippen MR) is 122 cm³/mol. The Bertz CT molecular complexity index is 1080. The fourth-order valence-electron chi connectivity index (χ4n) is 3.76. The van der Waals surface area contributed by atoms with E-state index in [2.05, 4.69) is 15.7 Å². The molecule has 2 heterocycles. The number of urea groups is 1. The van der Waals surface area contributed by atoms with E-state index in [4.69, 9.17) is 11.6 Å². The molecule has 0 bridgehead atoms. The lowest BCUT2D eigenvalue weighted by Gasteiger charge is -2.32. The zero-order valence-electron chi connectivity index (χ0n) is 17.2. The number of halogens is 1. The lowest BCUT2D eigenvalue weighted by molar-refractivity contribution is -0.121. The van der Waals surface area contributed by atoms with E-state index in [0.29, 0.717) is 23.8 Å². The van der Waals surface area contributed by atoms with E-state index in [9.17, 15) is 9.59 Å². The first-order chi connectivity index (χ1) is 15.0. The summed E-state index contributed by atoms with van der Waals surface area (Å²) < 4.78 is 1.68. The zero-order chi connectivity index (χ0) is 21.8. The van der Waals surface area contributed by atoms with Crippen LogP contribution in [0.5, 0.6) is 0 Å². The van der Waals surface area contributed by atoms with Gasteiger partial charge in [0.2, 0.25) is 5.91 Å². The van der Waals surface area contributed by atoms with Gasteiger partial charge in [0.05, 0.1) is 17.3 Å². The minimum absolute atomic E-state index is 0.135. The minimum Gasteiger partial charge on any atom is -0.324 e. The van der Waals surface area contributed by atoms with Crippen molar-refractivity contribution in [3.8, 4) is 5.69 Å². The number of benzene rings is 2. The largest absolute Gasteiger partial charge is 0.324 e. The number of aryl methyl sites for hydroxylation is 1. The Morgan fingerprint density at radius 2 is 2.00 bits per heavy atom. The van der Waals surface area contributed by atoms with Gasteiger partial charge in [0, 0.05) is 36.2 Å². The molecule has 7 nitrogen and oxygen atoms in total. The lowest BCUT2D eigenvalue weighted by atomic mass is 9.97. The summed E-state index contributed by atoms with van der Waals surface area (Å²) in [6, 6.07) is 14.6. The fourth-order valence-corrected chi connectivity index (χ4v) is 3.93. The van der Waals surface area contributed by atoms with Gasteiger partial charge in [0.25, 0.3) is 0 Å². The van der Waals surface area contributed by atoms with Crippen molar-refractivity contribution in [2.75, 3.05) is 23.7 Å². The summed E-state index contributed by atoms with van der Waals surface area (Å²) in [6.45, 7) is 2.96. The van der Waals surface area contributed by atoms with Crippen LogP contribution in [0.25, 0.3) is 5.69 Å². The number of amides is 3. The third-order valence-electron chi connectivity index (χ3n) is 5.32. The second-order valence-corrected chi connectivity index (χ2v) is 8.12. The summed E-state index contributed by atoms with van der Waals surface area (Å²) in [5, 5.41) is 10.7. The molecule has 1 saturated heterocycles. The highest BCUT2D eigenvalue weighted by atomic mass is 35.5. The van der Waals surface area contributed by atoms with Gasteiger partial charge in [-0.25, -0.2) is 9.48 Å². The van der Waals surface area contributed by atoms with E-state index < -0.39 is 0 Å². The molecule has 2 aromatic carbocycles. The van der Waals surface area contributed by atoms with E-state index in [1.54, 1.807) is 34.1 Å². The molecule has 160 valence electrons. The highest BCUT2D eigenvalue weighted by molar-refractivity contribution is 6.31. The maximum absolute atomic E-state index is 13.0. The number of nitrogens with zero attached hydrogens (tertiary/aromatic N) is 3. The number of nitrogens with one attached hydrogen (secondary N) is 2. The number of aromatic nitrogens is 2. The molecule has 1 unspecified atom stereocenters. The first-order valence-corrected chi connectivity index (χ1v) is 10.6. The van der Waals surface area contributed by atoms with Crippen LogP contribution < -0.4 is 10.6 Å². The maximum atomic E-state index is 13.0. The van der Waals surface area contributed by atoms with Crippen molar-refractivity contribution < 1.29 is 9.59 Å². The van der Waals surface area contributed by atoms with Crippen molar-refractivity contribution in [2.45, 2.75) is 19.8 Å². The van der Waals surface area contributed by atoms with Crippen molar-refractivity contribution in [2.24, 2.45) is 5.92 Å². The molecule has 1 atom stereocenters. The second kappa shape index (κ2) is 9.22. The average Bonchev–Trinajstić information content (AvgIpc) is 3.28. The summed E-state index contributed by atoms with van der Waals surface area (Å²) in [5.41, 5.74) is 3.14. The number of hydrogen-bond acceptors (Lipinski definition) is 3. The highest BCUT2D eigenvalue weighted by Crippen LogP contribution is 2.26. The van der Waals surface area contributed by atoms with Crippen LogP contribution in [-0.2, 0) is 4.79 Å². The molecule has 1 aliphatic heterocycles. The Balaban J connectivity index is 1.44. The van der Waals surface area contributed by atoms with Crippen molar-refractivity contribution >= 4 is 34.9 Å². The van der Waals surface area contributed by atoms with Gasteiger partial charge in [0.15, 0.2) is 0 Å². The van der Waals surface area contributed by atoms with E-state index >= 15 is 0 Å². The topological polar surface area (TPSA) is 79.3 Å². The Morgan fingerprint density at radius 3 is 2.77 bits per heavy atom. The molecule has 31 heavy (non-hydrogen) atoms. The van der Waals surface area contributed by atoms with Crippen molar-refractivity contribution in [3.05, 3.63) is 71.5 Å². The Labute approximate surface area is 186 Å². The standard InChI is InChI=1S/C23H24ClN5O2/c1-16-5-2-7-19(13-16)26-23(31)28-11-3-6-17(15-28)22(30)27-20-14-18(24)8-9-21(20)29-12-4-10-25-29/h2,4-5,7-10,12-14,17H,3,6,11,15H2,1H3,(H,26,31)(H,27,30). The van der Waals surface area contributed by atoms with Gasteiger partial charge in [-0.05, 0) is 61.7 Å². The van der Waals surface area contributed by atoms with Crippen LogP contribution in [0, 0.1) is 12.8 Å². The third-order valence-corrected chi connectivity index (χ3v) is 5.55. The lowest BCUT2D eigenvalue weighted by Crippen LogP contribution is -2.45. The molecule has 3 amide bonds. The zero-order valence-corrected chi connectivity index (χ0v) is 18.0. The summed E-state index contributed by atoms with van der Waals surface area (Å²) in [5.74, 6) is -0.440. The van der Waals surface area contributed by atoms with Crippen LogP contribution in [-0.4, -0.2) is 39.7 Å². The molecular weight excluding hydrogens is 414 g/mol. The molecule has 1 aromatic heterocycles. The predicted octanol–water partition coefficient (Wildman–Crippen LogP) is 4.72. The molecule has 1 aliphatic rings. The monoisotopic (exact) mass is 437 g/mol. The normalized spacial score (nSPS) is 16.1. The fraction of sp³-hybridized carbons (Fsp3) is 0.261. The third kappa shape index (κ3) is 5.06. The van der Waals surface area contributed by atoms with Gasteiger partial charge >= 0.3 is 6.03 Å². The summed E-state index contributed by atoms with van der Waals surface area (Å²) >= 11 is 6.16. The second-order valence-electron chi connectivity index (χ2n) is 7.69. The number of rotatable bonds is 4. The smallest absolute Gasteiger partial charge is 0.321 e. The number of anilines is 2. The van der Waals surface area contributed by atoms with Gasteiger partial charge in [-0.15, -0.1) is 0 Å². The first-order valence-electron chi connectivity index (χ1n) is 10.2. The molecule has 3 aromatic rings. The van der Waals surface area contributed by atoms with Crippen molar-refractivity contribution in [1.29, 1.82) is 0 Å². The van der Waals surface area contributed by atoms with Gasteiger partial charge < -0.3 is 15.5 Å². The van der Waals surface area contributed by atoms with Crippen LogP contribution in [0.3, 0.4) is 0 Å². The van der Waals surface area contributed by atoms with Crippen LogP contribution >= 0.6 is 11.6 Å². The molecular formula is C23H24ClN5O2. The number of hydrogen-bond donors (Lipinski definition) is 2. The van der Waals surface area contributed by atoms with E-state index in [0.717, 1.165) is 29.8 Å². The molecule has 0 saturated carbocycles. The van der Waals surface area contributed by atoms with Crippen LogP contribution in [0.2, 0.25) is 5.02 Å². The highest BCUT2D eigenvalue weighted by Gasteiger charge is 2.29. The average molecular weight is 438 g/mol. The molecule has 8 heteroatoms. The number of piperidine rings is 1. The first kappa shape index (κ1) is 20.9. The van der Waals surface area contributed by atoms with E-state index in [-0.39, 0.29) is 17.9 Å². The van der Waals surface area contributed by atoms with E-state index in [1.165, 1.54) is 0 Å². The number of likely N-dealkylation sites (tertiary alicyclic amines) is 1. The Hall–Kier alpha value is -3.32. The number of carbonyl (C=O) groups excluding carboxylic acids is 2. The molecule has 4 rings (SSSR count). The molecule has 2 N–H and O–H groups in total. The molecule has 0 aliphatic carbocycles. The Morgan fingerprint density at radius 1 is 1.13 bits per heavy atom. The van der Waals surface area contributed by atoms with Gasteiger partial charge in [-0.3, -0.25) is 4.79 Å². The van der Waals surface area contributed by atoms with Crippen LogP contribution in [0.15, 0.2) is 60.9 Å². The van der Waals surface area contributed by atoms with Gasteiger partial charge in [-0.1, -0.05) is 23.7 Å². The summed E-state index contributed by atoms with van der Waals surface area (Å²) in [6.07, 6.45) is 4.96.